The maximum absolute atomic E-state index is 12.8. The van der Waals surface area contributed by atoms with Crippen molar-refractivity contribution in [2.24, 2.45) is 5.73 Å². The molecule has 0 spiro atoms. The number of benzene rings is 2. The Labute approximate surface area is 200 Å². The largest absolute Gasteiger partial charge is 0.488 e. The van der Waals surface area contributed by atoms with Gasteiger partial charge in [0.05, 0.1) is 29.7 Å². The number of carbonyl (C=O) groups is 2. The molecule has 0 fully saturated rings. The molecule has 0 radical (unpaired) electrons. The van der Waals surface area contributed by atoms with Gasteiger partial charge in [-0.1, -0.05) is 30.3 Å². The minimum absolute atomic E-state index is 0.183. The zero-order valence-electron chi connectivity index (χ0n) is 18.7. The predicted molar refractivity (Wildman–Crippen MR) is 130 cm³/mol. The number of ether oxygens (including phenoxy) is 1. The van der Waals surface area contributed by atoms with E-state index in [1.165, 1.54) is 0 Å². The number of primary amides is 1. The first-order valence-electron chi connectivity index (χ1n) is 10.9. The summed E-state index contributed by atoms with van der Waals surface area (Å²) in [7, 11) is 0. The van der Waals surface area contributed by atoms with Crippen molar-refractivity contribution in [3.05, 3.63) is 114 Å². The van der Waals surface area contributed by atoms with Crippen LogP contribution in [0.25, 0.3) is 5.65 Å². The lowest BCUT2D eigenvalue weighted by Gasteiger charge is -2.10. The summed E-state index contributed by atoms with van der Waals surface area (Å²) < 4.78 is 9.43. The highest BCUT2D eigenvalue weighted by Crippen LogP contribution is 2.19. The lowest BCUT2D eigenvalue weighted by atomic mass is 10.1. The van der Waals surface area contributed by atoms with Gasteiger partial charge in [0.25, 0.3) is 11.8 Å². The van der Waals surface area contributed by atoms with Gasteiger partial charge in [-0.2, -0.15) is 5.10 Å². The zero-order chi connectivity index (χ0) is 24.2. The molecule has 35 heavy (non-hydrogen) atoms. The molecule has 0 aliphatic carbocycles. The van der Waals surface area contributed by atoms with Gasteiger partial charge in [-0.05, 0) is 42.0 Å². The first-order valence-corrected chi connectivity index (χ1v) is 10.9. The molecular weight excluding hydrogens is 444 g/mol. The van der Waals surface area contributed by atoms with Gasteiger partial charge in [0.2, 0.25) is 0 Å². The van der Waals surface area contributed by atoms with Crippen molar-refractivity contribution in [1.29, 1.82) is 0 Å². The molecule has 3 aromatic heterocycles. The first kappa shape index (κ1) is 21.9. The summed E-state index contributed by atoms with van der Waals surface area (Å²) in [4.78, 5) is 28.9. The summed E-state index contributed by atoms with van der Waals surface area (Å²) in [6.07, 6.45) is 7.25. The van der Waals surface area contributed by atoms with E-state index in [0.717, 1.165) is 16.9 Å². The van der Waals surface area contributed by atoms with E-state index < -0.39 is 5.91 Å². The minimum Gasteiger partial charge on any atom is -0.488 e. The van der Waals surface area contributed by atoms with Crippen LogP contribution >= 0.6 is 0 Å². The zero-order valence-corrected chi connectivity index (χ0v) is 18.7. The van der Waals surface area contributed by atoms with Gasteiger partial charge in [-0.15, -0.1) is 0 Å². The topological polar surface area (TPSA) is 117 Å². The standard InChI is InChI=1S/C26H22N6O3/c27-25(33)22-8-1-2-9-23(22)35-17-18-6-5-7-19(12-18)26(34)30-20-13-28-32(15-20)16-21-14-31-11-4-3-10-24(31)29-21/h1-15H,16-17H2,(H2,27,33)(H,30,34). The summed E-state index contributed by atoms with van der Waals surface area (Å²) in [5.41, 5.74) is 9.27. The van der Waals surface area contributed by atoms with Crippen molar-refractivity contribution in [1.82, 2.24) is 19.2 Å². The number of amides is 2. The van der Waals surface area contributed by atoms with Crippen molar-refractivity contribution >= 4 is 23.1 Å². The summed E-state index contributed by atoms with van der Waals surface area (Å²) in [6, 6.07) is 19.7. The lowest BCUT2D eigenvalue weighted by Crippen LogP contribution is -2.13. The second-order valence-corrected chi connectivity index (χ2v) is 7.93. The summed E-state index contributed by atoms with van der Waals surface area (Å²) in [6.45, 7) is 0.666. The van der Waals surface area contributed by atoms with Crippen molar-refractivity contribution in [3.63, 3.8) is 0 Å². The number of rotatable bonds is 8. The number of carbonyl (C=O) groups excluding carboxylic acids is 2. The fourth-order valence-corrected chi connectivity index (χ4v) is 3.71. The van der Waals surface area contributed by atoms with Crippen LogP contribution in [0.4, 0.5) is 5.69 Å². The van der Waals surface area contributed by atoms with E-state index >= 15 is 0 Å². The highest BCUT2D eigenvalue weighted by Gasteiger charge is 2.11. The molecule has 0 bridgehead atoms. The number of anilines is 1. The van der Waals surface area contributed by atoms with Crippen molar-refractivity contribution in [3.8, 4) is 5.75 Å². The van der Waals surface area contributed by atoms with Gasteiger partial charge in [0.15, 0.2) is 0 Å². The number of nitrogens with zero attached hydrogens (tertiary/aromatic N) is 4. The molecule has 5 rings (SSSR count). The third-order valence-corrected chi connectivity index (χ3v) is 5.37. The highest BCUT2D eigenvalue weighted by molar-refractivity contribution is 6.04. The third-order valence-electron chi connectivity index (χ3n) is 5.37. The van der Waals surface area contributed by atoms with Crippen LogP contribution in [0.1, 0.15) is 32.0 Å². The molecule has 3 N–H and O–H groups in total. The van der Waals surface area contributed by atoms with E-state index in [1.807, 2.05) is 41.1 Å². The van der Waals surface area contributed by atoms with Crippen LogP contribution in [0.15, 0.2) is 91.5 Å². The fraction of sp³-hybridized carbons (Fsp3) is 0.0769. The number of hydrogen-bond donors (Lipinski definition) is 2. The van der Waals surface area contributed by atoms with Crippen molar-refractivity contribution in [2.75, 3.05) is 5.32 Å². The smallest absolute Gasteiger partial charge is 0.255 e. The fourth-order valence-electron chi connectivity index (χ4n) is 3.71. The normalized spacial score (nSPS) is 10.9. The number of nitrogens with one attached hydrogen (secondary N) is 1. The third kappa shape index (κ3) is 5.03. The minimum atomic E-state index is -0.560. The summed E-state index contributed by atoms with van der Waals surface area (Å²) in [5.74, 6) is -0.431. The van der Waals surface area contributed by atoms with Gasteiger partial charge >= 0.3 is 0 Å². The molecule has 0 saturated heterocycles. The molecule has 0 aliphatic rings. The van der Waals surface area contributed by atoms with E-state index in [1.54, 1.807) is 59.5 Å². The van der Waals surface area contributed by atoms with Gasteiger partial charge in [-0.3, -0.25) is 14.3 Å². The Bertz CT molecular complexity index is 1490. The second-order valence-electron chi connectivity index (χ2n) is 7.93. The number of pyridine rings is 1. The van der Waals surface area contributed by atoms with Crippen molar-refractivity contribution < 1.29 is 14.3 Å². The SMILES string of the molecule is NC(=O)c1ccccc1OCc1cccc(C(=O)Nc2cnn(Cc3cn4ccccc4n3)c2)c1. The van der Waals surface area contributed by atoms with Crippen LogP contribution in [-0.2, 0) is 13.2 Å². The van der Waals surface area contributed by atoms with Crippen LogP contribution < -0.4 is 15.8 Å². The van der Waals surface area contributed by atoms with Crippen LogP contribution in [0.5, 0.6) is 5.75 Å². The molecule has 9 nitrogen and oxygen atoms in total. The number of para-hydroxylation sites is 1. The number of nitrogens with two attached hydrogens (primary N) is 1. The predicted octanol–water partition coefficient (Wildman–Crippen LogP) is 3.51. The van der Waals surface area contributed by atoms with E-state index in [0.29, 0.717) is 29.1 Å². The van der Waals surface area contributed by atoms with Crippen LogP contribution in [0.2, 0.25) is 0 Å². The number of hydrogen-bond acceptors (Lipinski definition) is 5. The molecule has 3 heterocycles. The summed E-state index contributed by atoms with van der Waals surface area (Å²) in [5, 5.41) is 7.19. The number of aromatic nitrogens is 4. The molecule has 0 saturated carbocycles. The van der Waals surface area contributed by atoms with Gasteiger partial charge in [0, 0.05) is 24.2 Å². The van der Waals surface area contributed by atoms with E-state index in [2.05, 4.69) is 15.4 Å². The van der Waals surface area contributed by atoms with E-state index in [4.69, 9.17) is 10.5 Å². The Hall–Kier alpha value is -4.92. The van der Waals surface area contributed by atoms with Gasteiger partial charge in [-0.25, -0.2) is 4.98 Å². The second kappa shape index (κ2) is 9.52. The van der Waals surface area contributed by atoms with Crippen LogP contribution in [0, 0.1) is 0 Å². The lowest BCUT2D eigenvalue weighted by molar-refractivity contribution is 0.0994. The van der Waals surface area contributed by atoms with E-state index in [9.17, 15) is 9.59 Å². The molecule has 0 atom stereocenters. The molecule has 5 aromatic rings. The van der Waals surface area contributed by atoms with Gasteiger partial charge in [0.1, 0.15) is 18.0 Å². The Morgan fingerprint density at radius 3 is 2.71 bits per heavy atom. The molecule has 2 aromatic carbocycles. The highest BCUT2D eigenvalue weighted by atomic mass is 16.5. The monoisotopic (exact) mass is 466 g/mol. The molecular formula is C26H22N6O3. The summed E-state index contributed by atoms with van der Waals surface area (Å²) >= 11 is 0. The first-order chi connectivity index (χ1) is 17.0. The number of fused-ring (bicyclic) bond motifs is 1. The average molecular weight is 467 g/mol. The number of imidazole rings is 1. The Kier molecular flexibility index (Phi) is 5.96. The molecule has 2 amide bonds. The molecule has 9 heteroatoms. The van der Waals surface area contributed by atoms with Crippen molar-refractivity contribution in [2.45, 2.75) is 13.2 Å². The van der Waals surface area contributed by atoms with E-state index in [-0.39, 0.29) is 12.5 Å². The molecule has 0 unspecified atom stereocenters. The maximum Gasteiger partial charge on any atom is 0.255 e. The van der Waals surface area contributed by atoms with Crippen LogP contribution in [-0.4, -0.2) is 31.0 Å². The Morgan fingerprint density at radius 2 is 1.86 bits per heavy atom. The quantitative estimate of drug-likeness (QED) is 0.363. The molecule has 0 aliphatic heterocycles. The van der Waals surface area contributed by atoms with Crippen LogP contribution in [0.3, 0.4) is 0 Å². The maximum atomic E-state index is 12.8. The Morgan fingerprint density at radius 1 is 1.00 bits per heavy atom. The van der Waals surface area contributed by atoms with Gasteiger partial charge < -0.3 is 20.2 Å². The Balaban J connectivity index is 1.22. The average Bonchev–Trinajstić information content (AvgIpc) is 3.49. The molecule has 174 valence electrons.